The van der Waals surface area contributed by atoms with E-state index in [2.05, 4.69) is 4.18 Å². The van der Waals surface area contributed by atoms with Crippen molar-refractivity contribution in [1.82, 2.24) is 0 Å². The molecule has 58 valence electrons. The van der Waals surface area contributed by atoms with Crippen molar-refractivity contribution in [2.75, 3.05) is 0 Å². The summed E-state index contributed by atoms with van der Waals surface area (Å²) in [4.78, 5) is 0. The molecule has 0 aromatic heterocycles. The monoisotopic (exact) mass is 164 g/mol. The van der Waals surface area contributed by atoms with Crippen molar-refractivity contribution in [1.29, 1.82) is 0 Å². The predicted molar refractivity (Wildman–Crippen MR) is 35.5 cm³/mol. The first-order chi connectivity index (χ1) is 4.27. The second-order valence-corrected chi connectivity index (χ2v) is 3.19. The van der Waals surface area contributed by atoms with Gasteiger partial charge in [-0.25, -0.2) is 4.18 Å². The highest BCUT2D eigenvalue weighted by atomic mass is 32.3. The first-order valence-electron chi connectivity index (χ1n) is 2.43. The van der Waals surface area contributed by atoms with Crippen LogP contribution < -0.4 is 0 Å². The van der Waals surface area contributed by atoms with Crippen LogP contribution in [-0.2, 0) is 14.6 Å². The third kappa shape index (κ3) is 4.32. The van der Waals surface area contributed by atoms with Gasteiger partial charge in [0.05, 0.1) is 0 Å². The molecule has 0 atom stereocenters. The molecule has 0 radical (unpaired) electrons. The molecule has 0 aromatic rings. The summed E-state index contributed by atoms with van der Waals surface area (Å²) in [6.07, 6.45) is 4.86. The second-order valence-electron chi connectivity index (χ2n) is 2.17. The molecule has 0 fully saturated rings. The van der Waals surface area contributed by atoms with Crippen LogP contribution in [0.4, 0.5) is 0 Å². The van der Waals surface area contributed by atoms with Crippen LogP contribution in [0.2, 0.25) is 0 Å². The van der Waals surface area contributed by atoms with Crippen LogP contribution >= 0.6 is 0 Å². The van der Waals surface area contributed by atoms with E-state index in [-0.39, 0.29) is 0 Å². The van der Waals surface area contributed by atoms with Gasteiger partial charge in [-0.3, -0.25) is 4.55 Å². The highest BCUT2D eigenvalue weighted by molar-refractivity contribution is 7.80. The van der Waals surface area contributed by atoms with Gasteiger partial charge in [0.2, 0.25) is 0 Å². The van der Waals surface area contributed by atoms with E-state index in [4.69, 9.17) is 11.0 Å². The van der Waals surface area contributed by atoms with Crippen LogP contribution in [0.3, 0.4) is 0 Å². The van der Waals surface area contributed by atoms with Gasteiger partial charge in [0.1, 0.15) is 5.60 Å². The van der Waals surface area contributed by atoms with E-state index in [1.165, 1.54) is 13.8 Å². The van der Waals surface area contributed by atoms with Crippen molar-refractivity contribution in [3.05, 3.63) is 0 Å². The third-order valence-electron chi connectivity index (χ3n) is 0.661. The fraction of sp³-hybridized carbons (Fsp3) is 0.600. The zero-order chi connectivity index (χ0) is 8.41. The zero-order valence-electron chi connectivity index (χ0n) is 5.66. The van der Waals surface area contributed by atoms with Crippen LogP contribution in [0.1, 0.15) is 13.8 Å². The van der Waals surface area contributed by atoms with Gasteiger partial charge in [0, 0.05) is 0 Å². The average molecular weight is 164 g/mol. The summed E-state index contributed by atoms with van der Waals surface area (Å²) in [6.45, 7) is 2.70. The molecule has 0 bridgehead atoms. The van der Waals surface area contributed by atoms with Crippen LogP contribution in [0.15, 0.2) is 0 Å². The first kappa shape index (κ1) is 9.43. The molecule has 4 nitrogen and oxygen atoms in total. The number of rotatable bonds is 2. The Morgan fingerprint density at radius 2 is 2.00 bits per heavy atom. The standard InChI is InChI=1S/C5H8O4S/c1-4-5(2,3)9-10(6,7)8/h1H,2-3H3,(H,6,7,8). The van der Waals surface area contributed by atoms with Gasteiger partial charge in [-0.15, -0.1) is 6.42 Å². The topological polar surface area (TPSA) is 63.6 Å². The summed E-state index contributed by atoms with van der Waals surface area (Å²) in [5, 5.41) is 0. The molecule has 0 rings (SSSR count). The van der Waals surface area contributed by atoms with Gasteiger partial charge < -0.3 is 0 Å². The fourth-order valence-corrected chi connectivity index (χ4v) is 0.862. The highest BCUT2D eigenvalue weighted by Gasteiger charge is 2.21. The molecule has 0 saturated carbocycles. The third-order valence-corrected chi connectivity index (χ3v) is 1.29. The molecule has 0 spiro atoms. The minimum Gasteiger partial charge on any atom is -0.263 e. The SMILES string of the molecule is C#CC(C)(C)OS(=O)(=O)O. The van der Waals surface area contributed by atoms with E-state index in [1.54, 1.807) is 0 Å². The van der Waals surface area contributed by atoms with Gasteiger partial charge in [-0.05, 0) is 13.8 Å². The molecule has 0 heterocycles. The molecule has 0 aliphatic carbocycles. The van der Waals surface area contributed by atoms with Crippen molar-refractivity contribution in [2.24, 2.45) is 0 Å². The summed E-state index contributed by atoms with van der Waals surface area (Å²) < 4.78 is 32.3. The molecule has 1 N–H and O–H groups in total. The number of terminal acetylenes is 1. The van der Waals surface area contributed by atoms with E-state index >= 15 is 0 Å². The molecule has 10 heavy (non-hydrogen) atoms. The summed E-state index contributed by atoms with van der Waals surface area (Å²) >= 11 is 0. The van der Waals surface area contributed by atoms with E-state index in [9.17, 15) is 8.42 Å². The lowest BCUT2D eigenvalue weighted by molar-refractivity contribution is 0.156. The Morgan fingerprint density at radius 3 is 2.10 bits per heavy atom. The molecular weight excluding hydrogens is 156 g/mol. The molecule has 0 unspecified atom stereocenters. The maximum Gasteiger partial charge on any atom is 0.398 e. The molecule has 5 heteroatoms. The van der Waals surface area contributed by atoms with Crippen LogP contribution in [0.25, 0.3) is 0 Å². The Bertz CT molecular complexity index is 243. The van der Waals surface area contributed by atoms with Gasteiger partial charge in [-0.2, -0.15) is 8.42 Å². The smallest absolute Gasteiger partial charge is 0.263 e. The maximum absolute atomic E-state index is 10.0. The first-order valence-corrected chi connectivity index (χ1v) is 3.79. The summed E-state index contributed by atoms with van der Waals surface area (Å²) in [5.41, 5.74) is -1.28. The van der Waals surface area contributed by atoms with Crippen LogP contribution in [0.5, 0.6) is 0 Å². The van der Waals surface area contributed by atoms with E-state index in [0.29, 0.717) is 0 Å². The largest absolute Gasteiger partial charge is 0.398 e. The van der Waals surface area contributed by atoms with E-state index in [1.807, 2.05) is 5.92 Å². The lowest BCUT2D eigenvalue weighted by Gasteiger charge is -2.13. The van der Waals surface area contributed by atoms with Gasteiger partial charge >= 0.3 is 10.4 Å². The van der Waals surface area contributed by atoms with Gasteiger partial charge in [-0.1, -0.05) is 5.92 Å². The summed E-state index contributed by atoms with van der Waals surface area (Å²) in [6, 6.07) is 0. The average Bonchev–Trinajstić information content (AvgIpc) is 1.60. The quantitative estimate of drug-likeness (QED) is 0.468. The molecule has 0 aliphatic heterocycles. The number of hydrogen-bond acceptors (Lipinski definition) is 3. The van der Waals surface area contributed by atoms with Gasteiger partial charge in [0.25, 0.3) is 0 Å². The minimum atomic E-state index is -4.44. The lowest BCUT2D eigenvalue weighted by Crippen LogP contribution is -2.25. The molecule has 0 amide bonds. The van der Waals surface area contributed by atoms with Crippen molar-refractivity contribution in [3.8, 4) is 12.3 Å². The minimum absolute atomic E-state index is 1.28. The van der Waals surface area contributed by atoms with Gasteiger partial charge in [0.15, 0.2) is 0 Å². The lowest BCUT2D eigenvalue weighted by atomic mass is 10.2. The fourth-order valence-electron chi connectivity index (χ4n) is 0.287. The van der Waals surface area contributed by atoms with Crippen LogP contribution in [0, 0.1) is 12.3 Å². The van der Waals surface area contributed by atoms with Crippen molar-refractivity contribution < 1.29 is 17.2 Å². The zero-order valence-corrected chi connectivity index (χ0v) is 6.47. The summed E-state index contributed by atoms with van der Waals surface area (Å²) in [5.74, 6) is 2.04. The van der Waals surface area contributed by atoms with Crippen molar-refractivity contribution in [2.45, 2.75) is 19.4 Å². The Labute approximate surface area is 60.1 Å². The molecule has 0 aliphatic rings. The van der Waals surface area contributed by atoms with Crippen molar-refractivity contribution in [3.63, 3.8) is 0 Å². The maximum atomic E-state index is 10.0. The Kier molecular flexibility index (Phi) is 2.43. The molecular formula is C5H8O4S. The Hall–Kier alpha value is -0.570. The summed E-state index contributed by atoms with van der Waals surface area (Å²) in [7, 11) is -4.44. The van der Waals surface area contributed by atoms with Crippen LogP contribution in [-0.4, -0.2) is 18.6 Å². The van der Waals surface area contributed by atoms with Crippen molar-refractivity contribution >= 4 is 10.4 Å². The Balaban J connectivity index is 4.35. The Morgan fingerprint density at radius 1 is 1.60 bits per heavy atom. The van der Waals surface area contributed by atoms with E-state index in [0.717, 1.165) is 0 Å². The molecule has 0 saturated heterocycles. The predicted octanol–water partition coefficient (Wildman–Crippen LogP) is 0.218. The molecule has 0 aromatic carbocycles. The highest BCUT2D eigenvalue weighted by Crippen LogP contribution is 2.09. The normalized spacial score (nSPS) is 12.6. The van der Waals surface area contributed by atoms with E-state index < -0.39 is 16.0 Å². The number of hydrogen-bond donors (Lipinski definition) is 1. The second kappa shape index (κ2) is 2.58.